The largest absolute Gasteiger partial charge is 0.484 e. The summed E-state index contributed by atoms with van der Waals surface area (Å²) in [7, 11) is 0. The van der Waals surface area contributed by atoms with Crippen LogP contribution in [0.25, 0.3) is 0 Å². The highest BCUT2D eigenvalue weighted by Crippen LogP contribution is 2.38. The predicted molar refractivity (Wildman–Crippen MR) is 60.9 cm³/mol. The molecule has 5 heteroatoms. The highest BCUT2D eigenvalue weighted by molar-refractivity contribution is 9.10. The van der Waals surface area contributed by atoms with Crippen molar-refractivity contribution in [2.75, 3.05) is 13.2 Å². The van der Waals surface area contributed by atoms with E-state index in [-0.39, 0.29) is 6.61 Å². The van der Waals surface area contributed by atoms with Crippen molar-refractivity contribution >= 4 is 21.9 Å². The van der Waals surface area contributed by atoms with E-state index in [1.165, 1.54) is 0 Å². The fourth-order valence-electron chi connectivity index (χ4n) is 1.37. The van der Waals surface area contributed by atoms with Crippen LogP contribution in [0, 0.1) is 0 Å². The normalized spacial score (nSPS) is 22.6. The lowest BCUT2D eigenvalue weighted by Crippen LogP contribution is -2.47. The van der Waals surface area contributed by atoms with Gasteiger partial charge in [0.25, 0.3) is 4.51 Å². The number of hydrogen-bond acceptors (Lipinski definition) is 4. The van der Waals surface area contributed by atoms with Crippen LogP contribution in [0.5, 0.6) is 11.5 Å². The van der Waals surface area contributed by atoms with E-state index in [0.29, 0.717) is 18.1 Å². The molecular weight excluding hydrogens is 276 g/mol. The molecule has 0 aromatic heterocycles. The fraction of sp³-hybridized carbons (Fsp3) is 0.364. The first-order valence-electron chi connectivity index (χ1n) is 4.92. The van der Waals surface area contributed by atoms with Crippen molar-refractivity contribution in [3.8, 4) is 11.5 Å². The van der Waals surface area contributed by atoms with E-state index in [1.54, 1.807) is 19.1 Å². The molecule has 0 fully saturated rings. The molecule has 1 aromatic carbocycles. The number of fused-ring (bicyclic) bond motifs is 1. The second kappa shape index (κ2) is 4.33. The summed E-state index contributed by atoms with van der Waals surface area (Å²) >= 11 is 3.21. The number of ether oxygens (including phenoxy) is 3. The molecule has 4 nitrogen and oxygen atoms in total. The zero-order valence-corrected chi connectivity index (χ0v) is 10.3. The van der Waals surface area contributed by atoms with Gasteiger partial charge in [-0.1, -0.05) is 12.1 Å². The van der Waals surface area contributed by atoms with Gasteiger partial charge in [0.2, 0.25) is 0 Å². The number of carbonyl (C=O) groups excluding carboxylic acids is 1. The van der Waals surface area contributed by atoms with Gasteiger partial charge in [-0.15, -0.1) is 0 Å². The molecule has 86 valence electrons. The monoisotopic (exact) mass is 286 g/mol. The Balaban J connectivity index is 2.21. The minimum Gasteiger partial charge on any atom is -0.484 e. The van der Waals surface area contributed by atoms with Crippen molar-refractivity contribution in [1.29, 1.82) is 0 Å². The van der Waals surface area contributed by atoms with Gasteiger partial charge in [0, 0.05) is 0 Å². The quantitative estimate of drug-likeness (QED) is 0.617. The lowest BCUT2D eigenvalue weighted by molar-refractivity contribution is -0.156. The first kappa shape index (κ1) is 11.3. The number of benzene rings is 1. The maximum absolute atomic E-state index is 11.7. The molecule has 1 aliphatic heterocycles. The molecule has 0 saturated carbocycles. The average Bonchev–Trinajstić information content (AvgIpc) is 2.29. The number of hydrogen-bond donors (Lipinski definition) is 0. The molecule has 0 spiro atoms. The van der Waals surface area contributed by atoms with E-state index in [9.17, 15) is 4.79 Å². The summed E-state index contributed by atoms with van der Waals surface area (Å²) < 4.78 is 14.7. The first-order chi connectivity index (χ1) is 7.65. The van der Waals surface area contributed by atoms with Crippen molar-refractivity contribution < 1.29 is 19.0 Å². The second-order valence-electron chi connectivity index (χ2n) is 3.29. The molecule has 0 radical (unpaired) electrons. The third-order valence-electron chi connectivity index (χ3n) is 2.11. The summed E-state index contributed by atoms with van der Waals surface area (Å²) in [5.74, 6) is 0.671. The SMILES string of the molecule is CCOC(=O)C1(Br)COc2ccccc2O1. The molecule has 0 N–H and O–H groups in total. The molecule has 0 saturated heterocycles. The maximum atomic E-state index is 11.7. The van der Waals surface area contributed by atoms with Gasteiger partial charge in [-0.05, 0) is 35.0 Å². The number of halogens is 1. The van der Waals surface area contributed by atoms with Crippen molar-refractivity contribution in [3.05, 3.63) is 24.3 Å². The molecular formula is C11H11BrO4. The first-order valence-corrected chi connectivity index (χ1v) is 5.72. The van der Waals surface area contributed by atoms with Crippen LogP contribution in [-0.2, 0) is 9.53 Å². The standard InChI is InChI=1S/C11H11BrO4/c1-2-14-10(13)11(12)7-15-8-5-3-4-6-9(8)16-11/h3-6H,2,7H2,1H3. The summed E-state index contributed by atoms with van der Waals surface area (Å²) in [6.07, 6.45) is 0. The van der Waals surface area contributed by atoms with E-state index >= 15 is 0 Å². The van der Waals surface area contributed by atoms with Gasteiger partial charge >= 0.3 is 5.97 Å². The van der Waals surface area contributed by atoms with E-state index < -0.39 is 10.5 Å². The Labute approximate surface area is 102 Å². The molecule has 1 unspecified atom stereocenters. The van der Waals surface area contributed by atoms with E-state index in [0.717, 1.165) is 0 Å². The van der Waals surface area contributed by atoms with Gasteiger partial charge < -0.3 is 14.2 Å². The number of alkyl halides is 1. The summed E-state index contributed by atoms with van der Waals surface area (Å²) in [6, 6.07) is 7.18. The molecule has 0 bridgehead atoms. The Hall–Kier alpha value is -1.23. The third-order valence-corrected chi connectivity index (χ3v) is 2.83. The van der Waals surface area contributed by atoms with Crippen LogP contribution in [0.3, 0.4) is 0 Å². The zero-order chi connectivity index (χ0) is 11.6. The Morgan fingerprint density at radius 3 is 2.88 bits per heavy atom. The highest BCUT2D eigenvalue weighted by atomic mass is 79.9. The number of carbonyl (C=O) groups is 1. The van der Waals surface area contributed by atoms with E-state index in [4.69, 9.17) is 14.2 Å². The molecule has 1 aliphatic rings. The van der Waals surface area contributed by atoms with E-state index in [1.807, 2.05) is 12.1 Å². The zero-order valence-electron chi connectivity index (χ0n) is 8.73. The molecule has 16 heavy (non-hydrogen) atoms. The van der Waals surface area contributed by atoms with Gasteiger partial charge in [0.05, 0.1) is 6.61 Å². The number of para-hydroxylation sites is 2. The number of esters is 1. The predicted octanol–water partition coefficient (Wildman–Crippen LogP) is 2.11. The Kier molecular flexibility index (Phi) is 3.05. The Morgan fingerprint density at radius 1 is 1.50 bits per heavy atom. The lowest BCUT2D eigenvalue weighted by Gasteiger charge is -2.31. The average molecular weight is 287 g/mol. The maximum Gasteiger partial charge on any atom is 0.365 e. The smallest absolute Gasteiger partial charge is 0.365 e. The lowest BCUT2D eigenvalue weighted by atomic mass is 10.2. The minimum absolute atomic E-state index is 0.0862. The topological polar surface area (TPSA) is 44.8 Å². The van der Waals surface area contributed by atoms with Gasteiger partial charge in [-0.25, -0.2) is 4.79 Å². The van der Waals surface area contributed by atoms with Crippen molar-refractivity contribution in [3.63, 3.8) is 0 Å². The van der Waals surface area contributed by atoms with Gasteiger partial charge in [-0.2, -0.15) is 0 Å². The molecule has 2 rings (SSSR count). The molecule has 0 amide bonds. The van der Waals surface area contributed by atoms with E-state index in [2.05, 4.69) is 15.9 Å². The van der Waals surface area contributed by atoms with Crippen LogP contribution in [0.15, 0.2) is 24.3 Å². The van der Waals surface area contributed by atoms with Crippen LogP contribution >= 0.6 is 15.9 Å². The van der Waals surface area contributed by atoms with Crippen molar-refractivity contribution in [1.82, 2.24) is 0 Å². The summed E-state index contributed by atoms with van der Waals surface area (Å²) in [5, 5.41) is 0. The van der Waals surface area contributed by atoms with Gasteiger partial charge in [0.15, 0.2) is 11.5 Å². The van der Waals surface area contributed by atoms with Crippen molar-refractivity contribution in [2.45, 2.75) is 11.4 Å². The van der Waals surface area contributed by atoms with Gasteiger partial charge in [0.1, 0.15) is 6.61 Å². The van der Waals surface area contributed by atoms with Crippen molar-refractivity contribution in [2.24, 2.45) is 0 Å². The Bertz CT molecular complexity index is 407. The van der Waals surface area contributed by atoms with Crippen LogP contribution < -0.4 is 9.47 Å². The summed E-state index contributed by atoms with van der Waals surface area (Å²) in [6.45, 7) is 2.13. The second-order valence-corrected chi connectivity index (χ2v) is 4.57. The molecule has 1 aromatic rings. The van der Waals surface area contributed by atoms with Crippen LogP contribution in [0.1, 0.15) is 6.92 Å². The number of rotatable bonds is 2. The summed E-state index contributed by atoms with van der Waals surface area (Å²) in [5.41, 5.74) is 0. The molecule has 1 heterocycles. The van der Waals surface area contributed by atoms with Gasteiger partial charge in [-0.3, -0.25) is 0 Å². The molecule has 1 atom stereocenters. The van der Waals surface area contributed by atoms with Crippen LogP contribution in [-0.4, -0.2) is 23.7 Å². The minimum atomic E-state index is -1.24. The molecule has 0 aliphatic carbocycles. The fourth-order valence-corrected chi connectivity index (χ4v) is 1.77. The third kappa shape index (κ3) is 2.00. The highest BCUT2D eigenvalue weighted by Gasteiger charge is 2.44. The Morgan fingerprint density at radius 2 is 2.19 bits per heavy atom. The summed E-state index contributed by atoms with van der Waals surface area (Å²) in [4.78, 5) is 11.7. The van der Waals surface area contributed by atoms with Crippen LogP contribution in [0.2, 0.25) is 0 Å². The van der Waals surface area contributed by atoms with Crippen LogP contribution in [0.4, 0.5) is 0 Å².